The minimum Gasteiger partial charge on any atom is -0.354 e. The molecule has 2 aromatic rings. The molecule has 0 unspecified atom stereocenters. The van der Waals surface area contributed by atoms with Crippen molar-refractivity contribution in [3.05, 3.63) is 35.2 Å². The molecule has 146 valence electrons. The SMILES string of the molecule is CNC(=O)c1ccc([C@@H]2CCCCN2Cc2nc(C3CCCC3)no2)n1C. The molecule has 1 saturated heterocycles. The summed E-state index contributed by atoms with van der Waals surface area (Å²) in [7, 11) is 3.64. The molecule has 1 saturated carbocycles. The number of amides is 1. The van der Waals surface area contributed by atoms with Crippen LogP contribution in [0.2, 0.25) is 0 Å². The van der Waals surface area contributed by atoms with Gasteiger partial charge in [0.15, 0.2) is 5.82 Å². The molecule has 2 aliphatic rings. The lowest BCUT2D eigenvalue weighted by Crippen LogP contribution is -2.34. The van der Waals surface area contributed by atoms with E-state index < -0.39 is 0 Å². The van der Waals surface area contributed by atoms with E-state index in [-0.39, 0.29) is 11.9 Å². The molecule has 2 aromatic heterocycles. The lowest BCUT2D eigenvalue weighted by Gasteiger charge is -2.35. The molecule has 2 fully saturated rings. The molecule has 0 radical (unpaired) electrons. The van der Waals surface area contributed by atoms with Gasteiger partial charge in [0.05, 0.1) is 12.6 Å². The molecule has 7 nitrogen and oxygen atoms in total. The van der Waals surface area contributed by atoms with Gasteiger partial charge in [-0.15, -0.1) is 0 Å². The smallest absolute Gasteiger partial charge is 0.267 e. The van der Waals surface area contributed by atoms with Crippen LogP contribution in [0.5, 0.6) is 0 Å². The fourth-order valence-corrected chi connectivity index (χ4v) is 4.59. The monoisotopic (exact) mass is 371 g/mol. The molecule has 0 bridgehead atoms. The quantitative estimate of drug-likeness (QED) is 0.874. The van der Waals surface area contributed by atoms with Crippen molar-refractivity contribution >= 4 is 5.91 Å². The van der Waals surface area contributed by atoms with E-state index in [2.05, 4.69) is 21.4 Å². The number of hydrogen-bond acceptors (Lipinski definition) is 5. The second-order valence-electron chi connectivity index (χ2n) is 7.79. The van der Waals surface area contributed by atoms with Gasteiger partial charge in [-0.3, -0.25) is 9.69 Å². The minimum absolute atomic E-state index is 0.0517. The maximum Gasteiger partial charge on any atom is 0.267 e. The maximum atomic E-state index is 12.1. The number of nitrogens with one attached hydrogen (secondary N) is 1. The van der Waals surface area contributed by atoms with Gasteiger partial charge in [0, 0.05) is 25.7 Å². The van der Waals surface area contributed by atoms with Gasteiger partial charge in [0.2, 0.25) is 5.89 Å². The second kappa shape index (κ2) is 7.84. The first-order valence-corrected chi connectivity index (χ1v) is 10.1. The summed E-state index contributed by atoms with van der Waals surface area (Å²) in [5, 5.41) is 6.96. The van der Waals surface area contributed by atoms with Crippen LogP contribution in [-0.2, 0) is 13.6 Å². The second-order valence-corrected chi connectivity index (χ2v) is 7.79. The molecule has 4 rings (SSSR count). The highest BCUT2D eigenvalue weighted by Gasteiger charge is 2.29. The highest BCUT2D eigenvalue weighted by molar-refractivity contribution is 5.92. The highest BCUT2D eigenvalue weighted by atomic mass is 16.5. The Balaban J connectivity index is 1.51. The van der Waals surface area contributed by atoms with Gasteiger partial charge in [-0.25, -0.2) is 0 Å². The van der Waals surface area contributed by atoms with Gasteiger partial charge in [0.1, 0.15) is 5.69 Å². The van der Waals surface area contributed by atoms with Crippen LogP contribution in [0.25, 0.3) is 0 Å². The summed E-state index contributed by atoms with van der Waals surface area (Å²) in [5.41, 5.74) is 1.86. The van der Waals surface area contributed by atoms with E-state index in [0.29, 0.717) is 24.0 Å². The van der Waals surface area contributed by atoms with E-state index in [1.807, 2.05) is 17.7 Å². The lowest BCUT2D eigenvalue weighted by molar-refractivity contribution is 0.0950. The summed E-state index contributed by atoms with van der Waals surface area (Å²) < 4.78 is 7.59. The molecule has 27 heavy (non-hydrogen) atoms. The third-order valence-corrected chi connectivity index (χ3v) is 6.12. The molecular formula is C20H29N5O2. The minimum atomic E-state index is -0.0517. The Hall–Kier alpha value is -2.15. The van der Waals surface area contributed by atoms with Gasteiger partial charge in [-0.05, 0) is 44.4 Å². The van der Waals surface area contributed by atoms with Crippen molar-refractivity contribution in [2.75, 3.05) is 13.6 Å². The van der Waals surface area contributed by atoms with Gasteiger partial charge in [0.25, 0.3) is 5.91 Å². The average Bonchev–Trinajstić information content (AvgIpc) is 3.42. The van der Waals surface area contributed by atoms with Crippen molar-refractivity contribution in [1.82, 2.24) is 24.9 Å². The Morgan fingerprint density at radius 3 is 2.78 bits per heavy atom. The zero-order chi connectivity index (χ0) is 18.8. The maximum absolute atomic E-state index is 12.1. The first-order chi connectivity index (χ1) is 13.2. The summed E-state index contributed by atoms with van der Waals surface area (Å²) in [6, 6.07) is 4.25. The van der Waals surface area contributed by atoms with Crippen LogP contribution in [0, 0.1) is 0 Å². The number of nitrogens with zero attached hydrogens (tertiary/aromatic N) is 4. The van der Waals surface area contributed by atoms with E-state index in [0.717, 1.165) is 18.8 Å². The van der Waals surface area contributed by atoms with E-state index in [4.69, 9.17) is 9.51 Å². The number of carbonyl (C=O) groups excluding carboxylic acids is 1. The van der Waals surface area contributed by atoms with Crippen molar-refractivity contribution in [3.8, 4) is 0 Å². The van der Waals surface area contributed by atoms with E-state index in [1.165, 1.54) is 44.2 Å². The van der Waals surface area contributed by atoms with E-state index in [9.17, 15) is 4.79 Å². The van der Waals surface area contributed by atoms with Crippen LogP contribution in [0.4, 0.5) is 0 Å². The molecule has 0 aromatic carbocycles. The molecule has 1 atom stereocenters. The molecule has 1 aliphatic heterocycles. The predicted molar refractivity (Wildman–Crippen MR) is 101 cm³/mol. The van der Waals surface area contributed by atoms with E-state index in [1.54, 1.807) is 7.05 Å². The number of aromatic nitrogens is 3. The van der Waals surface area contributed by atoms with Crippen LogP contribution in [0.15, 0.2) is 16.7 Å². The Kier molecular flexibility index (Phi) is 5.29. The molecule has 0 spiro atoms. The van der Waals surface area contributed by atoms with Gasteiger partial charge < -0.3 is 14.4 Å². The lowest BCUT2D eigenvalue weighted by atomic mass is 9.99. The number of rotatable bonds is 5. The van der Waals surface area contributed by atoms with Crippen molar-refractivity contribution in [3.63, 3.8) is 0 Å². The van der Waals surface area contributed by atoms with Crippen LogP contribution < -0.4 is 5.32 Å². The topological polar surface area (TPSA) is 76.2 Å². The summed E-state index contributed by atoms with van der Waals surface area (Å²) >= 11 is 0. The van der Waals surface area contributed by atoms with Gasteiger partial charge >= 0.3 is 0 Å². The normalized spacial score (nSPS) is 21.6. The summed E-state index contributed by atoms with van der Waals surface area (Å²) in [5.74, 6) is 2.02. The summed E-state index contributed by atoms with van der Waals surface area (Å²) in [4.78, 5) is 19.2. The Morgan fingerprint density at radius 1 is 1.22 bits per heavy atom. The first-order valence-electron chi connectivity index (χ1n) is 10.1. The van der Waals surface area contributed by atoms with Crippen LogP contribution >= 0.6 is 0 Å². The van der Waals surface area contributed by atoms with Gasteiger partial charge in [-0.1, -0.05) is 24.4 Å². The van der Waals surface area contributed by atoms with Crippen LogP contribution in [-0.4, -0.2) is 39.1 Å². The fraction of sp³-hybridized carbons (Fsp3) is 0.650. The fourth-order valence-electron chi connectivity index (χ4n) is 4.59. The molecule has 7 heteroatoms. The Labute approximate surface area is 160 Å². The number of piperidine rings is 1. The molecule has 1 N–H and O–H groups in total. The van der Waals surface area contributed by atoms with Gasteiger partial charge in [-0.2, -0.15) is 4.98 Å². The third kappa shape index (κ3) is 3.65. The van der Waals surface area contributed by atoms with Crippen molar-refractivity contribution in [2.45, 2.75) is 63.5 Å². The predicted octanol–water partition coefficient (Wildman–Crippen LogP) is 3.15. The molecule has 1 amide bonds. The molecule has 3 heterocycles. The number of hydrogen-bond donors (Lipinski definition) is 1. The van der Waals surface area contributed by atoms with Crippen LogP contribution in [0.1, 0.15) is 84.8 Å². The van der Waals surface area contributed by atoms with E-state index >= 15 is 0 Å². The molecule has 1 aliphatic carbocycles. The average molecular weight is 371 g/mol. The largest absolute Gasteiger partial charge is 0.354 e. The van der Waals surface area contributed by atoms with Crippen molar-refractivity contribution in [2.24, 2.45) is 7.05 Å². The Morgan fingerprint density at radius 2 is 2.00 bits per heavy atom. The first kappa shape index (κ1) is 18.2. The zero-order valence-corrected chi connectivity index (χ0v) is 16.3. The summed E-state index contributed by atoms with van der Waals surface area (Å²) in [6.07, 6.45) is 8.34. The Bertz CT molecular complexity index is 790. The number of carbonyl (C=O) groups is 1. The summed E-state index contributed by atoms with van der Waals surface area (Å²) in [6.45, 7) is 1.68. The number of likely N-dealkylation sites (tertiary alicyclic amines) is 1. The van der Waals surface area contributed by atoms with Crippen molar-refractivity contribution in [1.29, 1.82) is 0 Å². The zero-order valence-electron chi connectivity index (χ0n) is 16.3. The third-order valence-electron chi connectivity index (χ3n) is 6.12. The molecular weight excluding hydrogens is 342 g/mol. The highest BCUT2D eigenvalue weighted by Crippen LogP contribution is 2.34. The standard InChI is InChI=1S/C20H29N5O2/c1-21-20(26)17-11-10-15(24(17)2)16-9-5-6-12-25(16)13-18-22-19(23-27-18)14-7-3-4-8-14/h10-11,14,16H,3-9,12-13H2,1-2H3,(H,21,26)/t16-/m0/s1. The van der Waals surface area contributed by atoms with Crippen molar-refractivity contribution < 1.29 is 9.32 Å². The van der Waals surface area contributed by atoms with Crippen LogP contribution in [0.3, 0.4) is 0 Å².